The van der Waals surface area contributed by atoms with E-state index in [0.717, 1.165) is 11.5 Å². The molecule has 3 aromatic rings. The molecule has 1 aliphatic carbocycles. The molecule has 5 rings (SSSR count). The van der Waals surface area contributed by atoms with E-state index in [1.54, 1.807) is 0 Å². The zero-order valence-electron chi connectivity index (χ0n) is 19.3. The first-order valence-electron chi connectivity index (χ1n) is 11.1. The summed E-state index contributed by atoms with van der Waals surface area (Å²) in [6.45, 7) is 7.33. The van der Waals surface area contributed by atoms with E-state index in [1.165, 1.54) is 15.9 Å². The molecule has 0 N–H and O–H groups in total. The normalized spacial score (nSPS) is 19.2. The summed E-state index contributed by atoms with van der Waals surface area (Å²) in [7, 11) is -0.649. The van der Waals surface area contributed by atoms with Gasteiger partial charge in [0.15, 0.2) is 0 Å². The van der Waals surface area contributed by atoms with Crippen molar-refractivity contribution in [2.75, 3.05) is 6.61 Å². The van der Waals surface area contributed by atoms with Gasteiger partial charge in [0, 0.05) is 11.5 Å². The first-order chi connectivity index (χ1) is 15.5. The molecule has 170 valence electrons. The minimum absolute atomic E-state index is 0. The second-order valence-electron chi connectivity index (χ2n) is 8.92. The van der Waals surface area contributed by atoms with Crippen molar-refractivity contribution in [1.82, 2.24) is 0 Å². The van der Waals surface area contributed by atoms with Crippen LogP contribution in [-0.2, 0) is 21.8 Å². The van der Waals surface area contributed by atoms with Gasteiger partial charge in [0.05, 0.1) is 6.61 Å². The summed E-state index contributed by atoms with van der Waals surface area (Å²) in [4.78, 5) is 0. The quantitative estimate of drug-likeness (QED) is 0.218. The Bertz CT molecular complexity index is 1020. The minimum atomic E-state index is -0.649. The predicted molar refractivity (Wildman–Crippen MR) is 138 cm³/mol. The summed E-state index contributed by atoms with van der Waals surface area (Å²) < 4.78 is 6.06. The average Bonchev–Trinajstić information content (AvgIpc) is 3.58. The number of benzene rings is 2. The number of allylic oxidation sites excluding steroid dienone is 5. The van der Waals surface area contributed by atoms with E-state index in [-0.39, 0.29) is 28.5 Å². The fourth-order valence-electron chi connectivity index (χ4n) is 3.65. The maximum Gasteiger partial charge on any atom is 2.00 e. The minimum Gasteiger partial charge on any atom is -0.648 e. The van der Waals surface area contributed by atoms with Gasteiger partial charge in [-0.15, -0.1) is 0 Å². The van der Waals surface area contributed by atoms with Crippen molar-refractivity contribution in [2.24, 2.45) is 5.41 Å². The molecule has 3 aromatic carbocycles. The summed E-state index contributed by atoms with van der Waals surface area (Å²) >= 11 is 0. The molecule has 1 aliphatic heterocycles. The molecule has 0 amide bonds. The molecule has 0 saturated carbocycles. The first kappa shape index (κ1) is 25.2. The van der Waals surface area contributed by atoms with Gasteiger partial charge >= 0.3 is 17.1 Å². The molecule has 4 heteroatoms. The van der Waals surface area contributed by atoms with Gasteiger partial charge in [-0.3, -0.25) is 0 Å². The van der Waals surface area contributed by atoms with Crippen LogP contribution in [0, 0.1) is 5.41 Å². The number of hydrogen-bond acceptors (Lipinski definition) is 1. The fourth-order valence-corrected chi connectivity index (χ4v) is 6.09. The van der Waals surface area contributed by atoms with Crippen molar-refractivity contribution < 1.29 is 21.8 Å². The van der Waals surface area contributed by atoms with E-state index in [0.29, 0.717) is 6.61 Å². The zero-order chi connectivity index (χ0) is 22.4. The van der Waals surface area contributed by atoms with E-state index >= 15 is 0 Å². The number of ether oxygens (including phenoxy) is 1. The maximum absolute atomic E-state index is 6.06. The van der Waals surface area contributed by atoms with Gasteiger partial charge in [-0.25, -0.2) is 12.1 Å². The fraction of sp³-hybridized carbons (Fsp3) is 0.207. The molecule has 0 spiro atoms. The van der Waals surface area contributed by atoms with Crippen molar-refractivity contribution in [3.8, 4) is 0 Å². The summed E-state index contributed by atoms with van der Waals surface area (Å²) in [5.41, 5.74) is 1.25. The van der Waals surface area contributed by atoms with E-state index < -0.39 is 7.92 Å². The Hall–Kier alpha value is -2.44. The maximum atomic E-state index is 6.06. The largest absolute Gasteiger partial charge is 2.00 e. The first-order valence-corrected chi connectivity index (χ1v) is 12.4. The molecule has 1 saturated heterocycles. The van der Waals surface area contributed by atoms with Gasteiger partial charge in [0.2, 0.25) is 0 Å². The predicted octanol–water partition coefficient (Wildman–Crippen LogP) is 7.01. The molecule has 1 unspecified atom stereocenters. The third kappa shape index (κ3) is 6.33. The number of nitrogens with zero attached hydrogens (tertiary/aromatic N) is 1. The smallest absolute Gasteiger partial charge is 0.648 e. The number of hydrogen-bond donors (Lipinski definition) is 0. The Balaban J connectivity index is 0.000000453. The Morgan fingerprint density at radius 3 is 1.91 bits per heavy atom. The van der Waals surface area contributed by atoms with Crippen molar-refractivity contribution in [2.45, 2.75) is 26.8 Å². The molecule has 2 nitrogen and oxygen atoms in total. The monoisotopic (exact) mass is 495 g/mol. The van der Waals surface area contributed by atoms with Crippen LogP contribution in [0.3, 0.4) is 0 Å². The third-order valence-electron chi connectivity index (χ3n) is 5.50. The third-order valence-corrected chi connectivity index (χ3v) is 8.00. The van der Waals surface area contributed by atoms with E-state index in [4.69, 9.17) is 10.1 Å². The van der Waals surface area contributed by atoms with E-state index in [9.17, 15) is 0 Å². The Labute approximate surface area is 210 Å². The topological polar surface area (TPSA) is 23.3 Å². The van der Waals surface area contributed by atoms with Gasteiger partial charge in [-0.05, 0) is 29.3 Å². The Kier molecular flexibility index (Phi) is 8.87. The zero-order valence-corrected chi connectivity index (χ0v) is 21.3. The van der Waals surface area contributed by atoms with Crippen LogP contribution < -0.4 is 10.6 Å². The molecule has 1 fully saturated rings. The van der Waals surface area contributed by atoms with Crippen LogP contribution in [0.5, 0.6) is 0 Å². The van der Waals surface area contributed by atoms with Crippen LogP contribution in [0.25, 0.3) is 5.32 Å². The molecule has 0 radical (unpaired) electrons. The molecule has 2 aliphatic rings. The molecule has 1 heterocycles. The average molecular weight is 495 g/mol. The van der Waals surface area contributed by atoms with Crippen molar-refractivity contribution in [3.05, 3.63) is 131 Å². The number of rotatable bonds is 3. The van der Waals surface area contributed by atoms with Gasteiger partial charge < -0.3 is 10.1 Å². The van der Waals surface area contributed by atoms with Crippen LogP contribution >= 0.6 is 7.92 Å². The summed E-state index contributed by atoms with van der Waals surface area (Å²) in [5, 5.41) is 8.94. The van der Waals surface area contributed by atoms with Crippen molar-refractivity contribution >= 4 is 18.5 Å². The van der Waals surface area contributed by atoms with Crippen LogP contribution in [0.2, 0.25) is 0 Å². The van der Waals surface area contributed by atoms with Crippen LogP contribution in [0.1, 0.15) is 20.8 Å². The second-order valence-corrected chi connectivity index (χ2v) is 11.1. The van der Waals surface area contributed by atoms with Crippen LogP contribution in [0.15, 0.2) is 126 Å². The molecule has 0 bridgehead atoms. The van der Waals surface area contributed by atoms with E-state index in [2.05, 4.69) is 99.7 Å². The standard InChI is InChI=1S/C24H25NOP.C5H5.Fe/c1-24(2,3)22-17-26-23(25-22)20-15-10-16-21(20)27(18-11-6-4-7-12-18)19-13-8-5-9-14-19;1-2-4-5-3-1;/h4-16,22H,17H2,1-3H3;1-5H;/q2*-1;+2. The second kappa shape index (κ2) is 11.6. The summed E-state index contributed by atoms with van der Waals surface area (Å²) in [5.74, 6) is 0.800. The van der Waals surface area contributed by atoms with Gasteiger partial charge in [-0.2, -0.15) is 18.2 Å². The van der Waals surface area contributed by atoms with Gasteiger partial charge in [0.1, 0.15) is 0 Å². The van der Waals surface area contributed by atoms with Crippen LogP contribution in [0.4, 0.5) is 0 Å². The van der Waals surface area contributed by atoms with Crippen LogP contribution in [-0.4, -0.2) is 12.6 Å². The molecule has 1 atom stereocenters. The summed E-state index contributed by atoms with van der Waals surface area (Å²) in [6, 6.07) is 31.7. The summed E-state index contributed by atoms with van der Waals surface area (Å²) in [6.07, 6.45) is 6.51. The Morgan fingerprint density at radius 2 is 1.45 bits per heavy atom. The molecule has 0 aromatic heterocycles. The molecular weight excluding hydrogens is 465 g/mol. The van der Waals surface area contributed by atoms with Gasteiger partial charge in [0.25, 0.3) is 0 Å². The van der Waals surface area contributed by atoms with Crippen molar-refractivity contribution in [1.29, 1.82) is 0 Å². The van der Waals surface area contributed by atoms with Crippen molar-refractivity contribution in [3.63, 3.8) is 0 Å². The SMILES string of the molecule is CC(C)(C)C1COC(=C2C=CC=C2P(c2ccccc2)c2ccccc2)[N-]1.[Fe+2].c1cc[cH-]c1. The van der Waals surface area contributed by atoms with Gasteiger partial charge in [-0.1, -0.05) is 106 Å². The Morgan fingerprint density at radius 1 is 0.879 bits per heavy atom. The van der Waals surface area contributed by atoms with E-state index in [1.807, 2.05) is 30.3 Å². The molecule has 33 heavy (non-hydrogen) atoms. The molecular formula is C29H30FeNOP.